The van der Waals surface area contributed by atoms with Gasteiger partial charge in [-0.15, -0.1) is 0 Å². The lowest BCUT2D eigenvalue weighted by Crippen LogP contribution is -2.27. The van der Waals surface area contributed by atoms with E-state index in [0.29, 0.717) is 11.4 Å². The van der Waals surface area contributed by atoms with E-state index in [2.05, 4.69) is 9.47 Å². The van der Waals surface area contributed by atoms with Crippen LogP contribution in [0.3, 0.4) is 0 Å². The van der Waals surface area contributed by atoms with Gasteiger partial charge >= 0.3 is 18.6 Å². The molecule has 7 nitrogen and oxygen atoms in total. The highest BCUT2D eigenvalue weighted by Gasteiger charge is 2.27. The minimum absolute atomic E-state index is 0.0399. The van der Waals surface area contributed by atoms with E-state index < -0.39 is 18.6 Å². The number of hydrogen-bond acceptors (Lipinski definition) is 7. The van der Waals surface area contributed by atoms with Crippen molar-refractivity contribution in [2.75, 3.05) is 26.0 Å². The molecule has 1 aliphatic rings. The maximum absolute atomic E-state index is 12.4. The minimum Gasteiger partial charge on any atom is -0.466 e. The number of hydrogen-bond donors (Lipinski definition) is 0. The molecule has 0 bridgehead atoms. The lowest BCUT2D eigenvalue weighted by atomic mass is 10.2. The number of benzene rings is 1. The molecule has 0 saturated carbocycles. The van der Waals surface area contributed by atoms with E-state index in [9.17, 15) is 23.2 Å². The summed E-state index contributed by atoms with van der Waals surface area (Å²) in [5, 5.41) is 0.467. The molecule has 2 rings (SSSR count). The van der Waals surface area contributed by atoms with E-state index in [4.69, 9.17) is 4.74 Å². The maximum Gasteiger partial charge on any atom is 0.387 e. The summed E-state index contributed by atoms with van der Waals surface area (Å²) in [4.78, 5) is 36.6. The third-order valence-electron chi connectivity index (χ3n) is 3.44. The van der Waals surface area contributed by atoms with Gasteiger partial charge in [0, 0.05) is 6.54 Å². The number of carbonyl (C=O) groups excluding carboxylic acids is 3. The molecule has 0 N–H and O–H groups in total. The first kappa shape index (κ1) is 20.7. The van der Waals surface area contributed by atoms with Gasteiger partial charge in [0.2, 0.25) is 5.91 Å². The van der Waals surface area contributed by atoms with Crippen molar-refractivity contribution in [2.24, 2.45) is 0 Å². The molecule has 1 fully saturated rings. The molecule has 27 heavy (non-hydrogen) atoms. The van der Waals surface area contributed by atoms with Crippen molar-refractivity contribution >= 4 is 29.6 Å². The van der Waals surface area contributed by atoms with Crippen molar-refractivity contribution in [3.63, 3.8) is 0 Å². The molecule has 1 saturated heterocycles. The lowest BCUT2D eigenvalue weighted by Gasteiger charge is -2.17. The van der Waals surface area contributed by atoms with Crippen LogP contribution >= 0.6 is 11.8 Å². The first-order chi connectivity index (χ1) is 12.9. The highest BCUT2D eigenvalue weighted by molar-refractivity contribution is 8.04. The van der Waals surface area contributed by atoms with Gasteiger partial charge in [-0.25, -0.2) is 9.59 Å². The van der Waals surface area contributed by atoms with Crippen LogP contribution in [0.1, 0.15) is 16.8 Å². The Kier molecular flexibility index (Phi) is 7.59. The van der Waals surface area contributed by atoms with Gasteiger partial charge < -0.3 is 19.1 Å². The van der Waals surface area contributed by atoms with Crippen LogP contribution in [0.2, 0.25) is 0 Å². The Morgan fingerprint density at radius 3 is 2.78 bits per heavy atom. The third-order valence-corrected chi connectivity index (χ3v) is 4.46. The van der Waals surface area contributed by atoms with Crippen LogP contribution in [-0.4, -0.2) is 55.4 Å². The van der Waals surface area contributed by atoms with Crippen LogP contribution in [0.4, 0.5) is 8.78 Å². The summed E-state index contributed by atoms with van der Waals surface area (Å²) in [5.74, 6) is -1.61. The summed E-state index contributed by atoms with van der Waals surface area (Å²) in [6.07, 6.45) is 1.52. The van der Waals surface area contributed by atoms with Crippen LogP contribution in [-0.2, 0) is 19.1 Å². The smallest absolute Gasteiger partial charge is 0.387 e. The standard InChI is InChI=1S/C17H17F2NO6S/c1-24-15(22)9-14-20(13(21)10-27-14)7-4-8-25-16(23)11-5-2-3-6-12(11)26-17(18)19/h2-3,5-6,9,17H,4,7-8,10H2,1H3/b14-9+. The molecule has 146 valence electrons. The Hall–Kier alpha value is -2.62. The summed E-state index contributed by atoms with van der Waals surface area (Å²) < 4.78 is 38.7. The van der Waals surface area contributed by atoms with Crippen LogP contribution in [0, 0.1) is 0 Å². The van der Waals surface area contributed by atoms with Crippen molar-refractivity contribution in [3.05, 3.63) is 40.9 Å². The predicted octanol–water partition coefficient (Wildman–Crippen LogP) is 2.42. The second-order valence-electron chi connectivity index (χ2n) is 5.20. The van der Waals surface area contributed by atoms with Gasteiger partial charge in [-0.1, -0.05) is 23.9 Å². The highest BCUT2D eigenvalue weighted by atomic mass is 32.2. The number of rotatable bonds is 8. The van der Waals surface area contributed by atoms with Crippen LogP contribution in [0.15, 0.2) is 35.4 Å². The summed E-state index contributed by atoms with van der Waals surface area (Å²) in [6, 6.07) is 5.52. The molecule has 0 radical (unpaired) electrons. The highest BCUT2D eigenvalue weighted by Crippen LogP contribution is 2.29. The normalized spacial score (nSPS) is 15.3. The monoisotopic (exact) mass is 401 g/mol. The Labute approximate surface area is 158 Å². The van der Waals surface area contributed by atoms with E-state index in [1.54, 1.807) is 0 Å². The van der Waals surface area contributed by atoms with Gasteiger partial charge in [0.05, 0.1) is 30.6 Å². The van der Waals surface area contributed by atoms with E-state index in [-0.39, 0.29) is 36.1 Å². The number of esters is 2. The van der Waals surface area contributed by atoms with Crippen molar-refractivity contribution in [1.82, 2.24) is 4.90 Å². The third kappa shape index (κ3) is 5.95. The first-order valence-electron chi connectivity index (χ1n) is 7.86. The molecular weight excluding hydrogens is 384 g/mol. The van der Waals surface area contributed by atoms with E-state index in [1.807, 2.05) is 0 Å². The minimum atomic E-state index is -3.06. The predicted molar refractivity (Wildman–Crippen MR) is 92.2 cm³/mol. The lowest BCUT2D eigenvalue weighted by molar-refractivity contribution is -0.134. The van der Waals surface area contributed by atoms with Crippen LogP contribution in [0.25, 0.3) is 0 Å². The van der Waals surface area contributed by atoms with Crippen molar-refractivity contribution in [3.8, 4) is 5.75 Å². The summed E-state index contributed by atoms with van der Waals surface area (Å²) in [6.45, 7) is -2.86. The van der Waals surface area contributed by atoms with E-state index in [1.165, 1.54) is 54.1 Å². The van der Waals surface area contributed by atoms with Gasteiger partial charge in [-0.05, 0) is 18.6 Å². The van der Waals surface area contributed by atoms with Gasteiger partial charge in [0.1, 0.15) is 11.3 Å². The number of halogens is 2. The summed E-state index contributed by atoms with van der Waals surface area (Å²) in [5.41, 5.74) is -0.114. The summed E-state index contributed by atoms with van der Waals surface area (Å²) in [7, 11) is 1.24. The average Bonchev–Trinajstić information content (AvgIpc) is 2.98. The fourth-order valence-corrected chi connectivity index (χ4v) is 3.18. The SMILES string of the molecule is COC(=O)/C=C1/SCC(=O)N1CCCOC(=O)c1ccccc1OC(F)F. The molecule has 1 heterocycles. The number of ether oxygens (including phenoxy) is 3. The zero-order valence-corrected chi connectivity index (χ0v) is 15.2. The number of nitrogens with zero attached hydrogens (tertiary/aromatic N) is 1. The maximum atomic E-state index is 12.4. The molecule has 0 atom stereocenters. The number of thioether (sulfide) groups is 1. The molecule has 1 amide bonds. The number of amides is 1. The van der Waals surface area contributed by atoms with Crippen molar-refractivity contribution in [2.45, 2.75) is 13.0 Å². The fraction of sp³-hybridized carbons (Fsp3) is 0.353. The molecule has 1 aliphatic heterocycles. The molecule has 0 spiro atoms. The molecule has 0 unspecified atom stereocenters. The zero-order valence-electron chi connectivity index (χ0n) is 14.4. The van der Waals surface area contributed by atoms with Crippen molar-refractivity contribution in [1.29, 1.82) is 0 Å². The van der Waals surface area contributed by atoms with E-state index in [0.717, 1.165) is 0 Å². The van der Waals surface area contributed by atoms with Gasteiger partial charge in [0.15, 0.2) is 0 Å². The Bertz CT molecular complexity index is 740. The zero-order chi connectivity index (χ0) is 19.8. The molecule has 10 heteroatoms. The molecular formula is C17H17F2NO6S. The first-order valence-corrected chi connectivity index (χ1v) is 8.84. The molecule has 0 aromatic heterocycles. The number of carbonyl (C=O) groups is 3. The number of methoxy groups -OCH3 is 1. The average molecular weight is 401 g/mol. The van der Waals surface area contributed by atoms with Crippen LogP contribution < -0.4 is 4.74 Å². The molecule has 1 aromatic carbocycles. The quantitative estimate of drug-likeness (QED) is 0.376. The number of alkyl halides is 2. The number of para-hydroxylation sites is 1. The van der Waals surface area contributed by atoms with Gasteiger partial charge in [0.25, 0.3) is 0 Å². The van der Waals surface area contributed by atoms with Crippen molar-refractivity contribution < 1.29 is 37.4 Å². The second kappa shape index (κ2) is 9.91. The largest absolute Gasteiger partial charge is 0.466 e. The topological polar surface area (TPSA) is 82.1 Å². The summed E-state index contributed by atoms with van der Waals surface area (Å²) >= 11 is 1.21. The van der Waals surface area contributed by atoms with Crippen LogP contribution in [0.5, 0.6) is 5.75 Å². The Morgan fingerprint density at radius 1 is 1.33 bits per heavy atom. The van der Waals surface area contributed by atoms with Gasteiger partial charge in [-0.3, -0.25) is 4.79 Å². The Balaban J connectivity index is 1.88. The fourth-order valence-electron chi connectivity index (χ4n) is 2.23. The second-order valence-corrected chi connectivity index (χ2v) is 6.20. The molecule has 0 aliphatic carbocycles. The van der Waals surface area contributed by atoms with E-state index >= 15 is 0 Å². The van der Waals surface area contributed by atoms with Gasteiger partial charge in [-0.2, -0.15) is 8.78 Å². The molecule has 1 aromatic rings. The Morgan fingerprint density at radius 2 is 2.07 bits per heavy atom.